The Balaban J connectivity index is 1.83. The standard InChI is InChI=1S/C17H20N4O2/c1-11(21-17(23)13-4-8-15(19)9-5-13)10-20-16(22)12-2-6-14(18)7-3-12/h2-9,11H,10,18-19H2,1H3,(H,20,22)(H,21,23)/t11-/m0/s1. The van der Waals surface area contributed by atoms with E-state index in [-0.39, 0.29) is 17.9 Å². The molecule has 6 heteroatoms. The van der Waals surface area contributed by atoms with Gasteiger partial charge < -0.3 is 22.1 Å². The Hall–Kier alpha value is -3.02. The molecule has 1 atom stereocenters. The largest absolute Gasteiger partial charge is 0.399 e. The van der Waals surface area contributed by atoms with Crippen molar-refractivity contribution in [1.82, 2.24) is 10.6 Å². The molecule has 0 aromatic heterocycles. The summed E-state index contributed by atoms with van der Waals surface area (Å²) in [6, 6.07) is 13.1. The van der Waals surface area contributed by atoms with E-state index in [2.05, 4.69) is 10.6 Å². The summed E-state index contributed by atoms with van der Waals surface area (Å²) >= 11 is 0. The van der Waals surface area contributed by atoms with Gasteiger partial charge in [-0.25, -0.2) is 0 Å². The SMILES string of the molecule is C[C@@H](CNC(=O)c1ccc(N)cc1)NC(=O)c1ccc(N)cc1. The maximum atomic E-state index is 12.0. The zero-order valence-corrected chi connectivity index (χ0v) is 12.9. The van der Waals surface area contributed by atoms with E-state index in [0.29, 0.717) is 29.0 Å². The van der Waals surface area contributed by atoms with Crippen LogP contribution in [-0.2, 0) is 0 Å². The van der Waals surface area contributed by atoms with Crippen molar-refractivity contribution in [1.29, 1.82) is 0 Å². The Labute approximate surface area is 134 Å². The molecule has 6 N–H and O–H groups in total. The van der Waals surface area contributed by atoms with Crippen molar-refractivity contribution in [3.8, 4) is 0 Å². The molecule has 120 valence electrons. The Morgan fingerprint density at radius 2 is 1.30 bits per heavy atom. The van der Waals surface area contributed by atoms with Crippen molar-refractivity contribution < 1.29 is 9.59 Å². The van der Waals surface area contributed by atoms with Gasteiger partial charge in [0.05, 0.1) is 0 Å². The van der Waals surface area contributed by atoms with Crippen LogP contribution < -0.4 is 22.1 Å². The molecule has 0 heterocycles. The van der Waals surface area contributed by atoms with Gasteiger partial charge in [-0.05, 0) is 55.5 Å². The highest BCUT2D eigenvalue weighted by Crippen LogP contribution is 2.06. The number of nitrogens with two attached hydrogens (primary N) is 2. The molecule has 2 rings (SSSR count). The smallest absolute Gasteiger partial charge is 0.251 e. The van der Waals surface area contributed by atoms with Crippen molar-refractivity contribution in [2.45, 2.75) is 13.0 Å². The van der Waals surface area contributed by atoms with Gasteiger partial charge in [0.1, 0.15) is 0 Å². The molecule has 0 radical (unpaired) electrons. The van der Waals surface area contributed by atoms with Crippen molar-refractivity contribution in [3.05, 3.63) is 59.7 Å². The van der Waals surface area contributed by atoms with E-state index < -0.39 is 0 Å². The highest BCUT2D eigenvalue weighted by molar-refractivity contribution is 5.95. The average molecular weight is 312 g/mol. The number of rotatable bonds is 5. The number of hydrogen-bond donors (Lipinski definition) is 4. The van der Waals surface area contributed by atoms with Crippen LogP contribution in [-0.4, -0.2) is 24.4 Å². The molecule has 0 aliphatic heterocycles. The van der Waals surface area contributed by atoms with Gasteiger partial charge in [-0.15, -0.1) is 0 Å². The molecule has 0 saturated heterocycles. The first-order valence-corrected chi connectivity index (χ1v) is 7.26. The zero-order valence-electron chi connectivity index (χ0n) is 12.9. The third kappa shape index (κ3) is 4.74. The summed E-state index contributed by atoms with van der Waals surface area (Å²) in [5.41, 5.74) is 13.4. The quantitative estimate of drug-likeness (QED) is 0.625. The number of carbonyl (C=O) groups excluding carboxylic acids is 2. The molecule has 2 aromatic carbocycles. The molecule has 0 bridgehead atoms. The Morgan fingerprint density at radius 3 is 1.78 bits per heavy atom. The monoisotopic (exact) mass is 312 g/mol. The molecular formula is C17H20N4O2. The van der Waals surface area contributed by atoms with Crippen molar-refractivity contribution >= 4 is 23.2 Å². The minimum Gasteiger partial charge on any atom is -0.399 e. The van der Waals surface area contributed by atoms with E-state index in [0.717, 1.165) is 0 Å². The van der Waals surface area contributed by atoms with Crippen molar-refractivity contribution in [2.24, 2.45) is 0 Å². The number of carbonyl (C=O) groups is 2. The molecule has 0 fully saturated rings. The van der Waals surface area contributed by atoms with Crippen molar-refractivity contribution in [2.75, 3.05) is 18.0 Å². The lowest BCUT2D eigenvalue weighted by Crippen LogP contribution is -2.41. The van der Waals surface area contributed by atoms with Gasteiger partial charge in [0, 0.05) is 35.1 Å². The fraction of sp³-hybridized carbons (Fsp3) is 0.176. The summed E-state index contributed by atoms with van der Waals surface area (Å²) in [4.78, 5) is 24.0. The summed E-state index contributed by atoms with van der Waals surface area (Å²) in [5.74, 6) is -0.419. The van der Waals surface area contributed by atoms with Gasteiger partial charge in [0.15, 0.2) is 0 Å². The predicted octanol–water partition coefficient (Wildman–Crippen LogP) is 1.40. The second-order valence-corrected chi connectivity index (χ2v) is 5.33. The minimum atomic E-state index is -0.210. The second kappa shape index (κ2) is 7.31. The number of benzene rings is 2. The lowest BCUT2D eigenvalue weighted by molar-refractivity contribution is 0.0912. The van der Waals surface area contributed by atoms with Gasteiger partial charge >= 0.3 is 0 Å². The number of amides is 2. The summed E-state index contributed by atoms with van der Waals surface area (Å²) < 4.78 is 0. The molecule has 2 amide bonds. The van der Waals surface area contributed by atoms with E-state index in [1.807, 2.05) is 6.92 Å². The third-order valence-electron chi connectivity index (χ3n) is 3.29. The Morgan fingerprint density at radius 1 is 0.870 bits per heavy atom. The predicted molar refractivity (Wildman–Crippen MR) is 91.0 cm³/mol. The highest BCUT2D eigenvalue weighted by atomic mass is 16.2. The zero-order chi connectivity index (χ0) is 16.8. The van der Waals surface area contributed by atoms with Gasteiger partial charge in [-0.3, -0.25) is 9.59 Å². The molecule has 0 unspecified atom stereocenters. The number of hydrogen-bond acceptors (Lipinski definition) is 4. The maximum Gasteiger partial charge on any atom is 0.251 e. The fourth-order valence-electron chi connectivity index (χ4n) is 1.97. The van der Waals surface area contributed by atoms with Crippen LogP contribution in [0, 0.1) is 0 Å². The van der Waals surface area contributed by atoms with Crippen molar-refractivity contribution in [3.63, 3.8) is 0 Å². The first-order valence-electron chi connectivity index (χ1n) is 7.26. The van der Waals surface area contributed by atoms with E-state index in [4.69, 9.17) is 11.5 Å². The second-order valence-electron chi connectivity index (χ2n) is 5.33. The minimum absolute atomic E-state index is 0.209. The molecule has 23 heavy (non-hydrogen) atoms. The van der Waals surface area contributed by atoms with E-state index >= 15 is 0 Å². The van der Waals surface area contributed by atoms with E-state index in [9.17, 15) is 9.59 Å². The topological polar surface area (TPSA) is 110 Å². The summed E-state index contributed by atoms with van der Waals surface area (Å²) in [7, 11) is 0. The summed E-state index contributed by atoms with van der Waals surface area (Å²) in [6.07, 6.45) is 0. The number of nitrogens with one attached hydrogen (secondary N) is 2. The van der Waals surface area contributed by atoms with Crippen LogP contribution in [0.4, 0.5) is 11.4 Å². The third-order valence-corrected chi connectivity index (χ3v) is 3.29. The van der Waals surface area contributed by atoms with Gasteiger partial charge in [0.2, 0.25) is 0 Å². The van der Waals surface area contributed by atoms with Gasteiger partial charge in [-0.1, -0.05) is 0 Å². The normalized spacial score (nSPS) is 11.5. The average Bonchev–Trinajstić information content (AvgIpc) is 2.54. The highest BCUT2D eigenvalue weighted by Gasteiger charge is 2.11. The lowest BCUT2D eigenvalue weighted by atomic mass is 10.1. The lowest BCUT2D eigenvalue weighted by Gasteiger charge is -2.15. The Kier molecular flexibility index (Phi) is 5.19. The van der Waals surface area contributed by atoms with Crippen LogP contribution >= 0.6 is 0 Å². The molecule has 0 aliphatic rings. The first-order chi connectivity index (χ1) is 11.0. The van der Waals surface area contributed by atoms with Crippen LogP contribution in [0.5, 0.6) is 0 Å². The molecule has 2 aromatic rings. The van der Waals surface area contributed by atoms with Crippen LogP contribution in [0.3, 0.4) is 0 Å². The Bertz CT molecular complexity index is 681. The molecule has 6 nitrogen and oxygen atoms in total. The molecule has 0 saturated carbocycles. The maximum absolute atomic E-state index is 12.0. The van der Waals surface area contributed by atoms with Gasteiger partial charge in [-0.2, -0.15) is 0 Å². The molecule has 0 aliphatic carbocycles. The summed E-state index contributed by atoms with van der Waals surface area (Å²) in [5, 5.41) is 5.59. The summed E-state index contributed by atoms with van der Waals surface area (Å²) in [6.45, 7) is 2.14. The molecule has 0 spiro atoms. The van der Waals surface area contributed by atoms with Crippen LogP contribution in [0.25, 0.3) is 0 Å². The van der Waals surface area contributed by atoms with Crippen LogP contribution in [0.1, 0.15) is 27.6 Å². The van der Waals surface area contributed by atoms with E-state index in [1.165, 1.54) is 0 Å². The van der Waals surface area contributed by atoms with Crippen LogP contribution in [0.15, 0.2) is 48.5 Å². The van der Waals surface area contributed by atoms with Gasteiger partial charge in [0.25, 0.3) is 11.8 Å². The number of nitrogen functional groups attached to an aromatic ring is 2. The first kappa shape index (κ1) is 16.4. The fourth-order valence-corrected chi connectivity index (χ4v) is 1.97. The molecular weight excluding hydrogens is 292 g/mol. The number of anilines is 2. The van der Waals surface area contributed by atoms with Crippen LogP contribution in [0.2, 0.25) is 0 Å². The van der Waals surface area contributed by atoms with E-state index in [1.54, 1.807) is 48.5 Å².